The highest BCUT2D eigenvalue weighted by Gasteiger charge is 2.41. The van der Waals surface area contributed by atoms with E-state index in [1.165, 1.54) is 16.3 Å². The molecule has 6 N–H and O–H groups in total. The Morgan fingerprint density at radius 3 is 1.43 bits per heavy atom. The van der Waals surface area contributed by atoms with Crippen molar-refractivity contribution in [1.82, 2.24) is 20.5 Å². The van der Waals surface area contributed by atoms with Gasteiger partial charge in [-0.2, -0.15) is 0 Å². The normalized spacial score (nSPS) is 13.8. The van der Waals surface area contributed by atoms with Crippen LogP contribution in [0.1, 0.15) is 92.8 Å². The molecule has 0 spiro atoms. The van der Waals surface area contributed by atoms with E-state index in [0.717, 1.165) is 33.4 Å². The maximum Gasteiger partial charge on any atom is 0.419 e. The SMILES string of the molecule is CC(C)[C@@H](NC(=O)[C@@H](CSC(c1ccccc1)(c1ccccc1)c1ccccc1)NC(=O)[C@@H](Cc1cn(C(=O)OC(C)(C)C)c2ccccc12)NC(=O)C[C@H](O)C=CCCSC(c1ccccc1)(c1ccccc1)c1ccccc1)[C@@H](O)CC(=O)O. The van der Waals surface area contributed by atoms with E-state index < -0.39 is 94.0 Å². The van der Waals surface area contributed by atoms with E-state index in [1.54, 1.807) is 82.9 Å². The van der Waals surface area contributed by atoms with Gasteiger partial charge in [-0.05, 0) is 83.9 Å². The van der Waals surface area contributed by atoms with Crippen LogP contribution in [0, 0.1) is 5.92 Å². The number of nitrogens with zero attached hydrogens (tertiary/aromatic N) is 1. The Kier molecular flexibility index (Phi) is 22.1. The van der Waals surface area contributed by atoms with Crippen molar-refractivity contribution in [3.63, 3.8) is 0 Å². The summed E-state index contributed by atoms with van der Waals surface area (Å²) in [6, 6.07) is 63.9. The van der Waals surface area contributed by atoms with E-state index >= 15 is 9.59 Å². The number of carbonyl (C=O) groups excluding carboxylic acids is 4. The summed E-state index contributed by atoms with van der Waals surface area (Å²) in [5, 5.41) is 41.8. The predicted octanol–water partition coefficient (Wildman–Crippen LogP) is 12.1. The van der Waals surface area contributed by atoms with Gasteiger partial charge >= 0.3 is 12.1 Å². The van der Waals surface area contributed by atoms with Crippen LogP contribution in [-0.2, 0) is 39.8 Å². The number of allylic oxidation sites excluding steroid dienone is 1. The van der Waals surface area contributed by atoms with Crippen molar-refractivity contribution in [2.24, 2.45) is 5.92 Å². The molecule has 3 amide bonds. The molecule has 0 saturated carbocycles. The molecule has 86 heavy (non-hydrogen) atoms. The van der Waals surface area contributed by atoms with Gasteiger partial charge in [-0.25, -0.2) is 4.79 Å². The highest BCUT2D eigenvalue weighted by Crippen LogP contribution is 2.50. The molecule has 0 aliphatic carbocycles. The van der Waals surface area contributed by atoms with Crippen LogP contribution in [0.2, 0.25) is 0 Å². The molecule has 0 saturated heterocycles. The number of aliphatic carboxylic acids is 1. The van der Waals surface area contributed by atoms with Crippen LogP contribution in [0.4, 0.5) is 4.79 Å². The Morgan fingerprint density at radius 1 is 0.558 bits per heavy atom. The van der Waals surface area contributed by atoms with Crippen LogP contribution in [0.5, 0.6) is 0 Å². The average Bonchev–Trinajstić information content (AvgIpc) is 3.40. The number of aromatic nitrogens is 1. The number of amides is 3. The molecule has 8 aromatic rings. The molecule has 0 radical (unpaired) electrons. The summed E-state index contributed by atoms with van der Waals surface area (Å²) in [7, 11) is 0. The third kappa shape index (κ3) is 16.0. The van der Waals surface area contributed by atoms with E-state index in [4.69, 9.17) is 4.74 Å². The topological polar surface area (TPSA) is 196 Å². The molecule has 1 heterocycles. The minimum absolute atomic E-state index is 0.0698. The lowest BCUT2D eigenvalue weighted by atomic mass is 9.84. The summed E-state index contributed by atoms with van der Waals surface area (Å²) < 4.78 is 5.65. The van der Waals surface area contributed by atoms with E-state index in [-0.39, 0.29) is 12.2 Å². The fourth-order valence-electron chi connectivity index (χ4n) is 10.8. The predicted molar refractivity (Wildman–Crippen MR) is 344 cm³/mol. The third-order valence-corrected chi connectivity index (χ3v) is 18.0. The quantitative estimate of drug-likeness (QED) is 0.0163. The molecule has 0 aliphatic rings. The van der Waals surface area contributed by atoms with Crippen LogP contribution >= 0.6 is 23.5 Å². The zero-order valence-electron chi connectivity index (χ0n) is 49.1. The van der Waals surface area contributed by atoms with E-state index in [9.17, 15) is 29.7 Å². The van der Waals surface area contributed by atoms with Crippen LogP contribution in [0.25, 0.3) is 10.9 Å². The number of para-hydroxylation sites is 1. The van der Waals surface area contributed by atoms with Crippen molar-refractivity contribution in [2.75, 3.05) is 11.5 Å². The smallest absolute Gasteiger partial charge is 0.419 e. The van der Waals surface area contributed by atoms with Crippen molar-refractivity contribution >= 4 is 64.2 Å². The second-order valence-corrected chi connectivity index (χ2v) is 25.1. The van der Waals surface area contributed by atoms with Gasteiger partial charge in [0.2, 0.25) is 17.7 Å². The molecule has 7 aromatic carbocycles. The van der Waals surface area contributed by atoms with Crippen molar-refractivity contribution in [3.05, 3.63) is 264 Å². The van der Waals surface area contributed by atoms with Gasteiger partial charge in [-0.1, -0.05) is 226 Å². The molecule has 0 bridgehead atoms. The number of thioether (sulfide) groups is 2. The van der Waals surface area contributed by atoms with Crippen molar-refractivity contribution in [1.29, 1.82) is 0 Å². The van der Waals surface area contributed by atoms with Gasteiger partial charge in [0.1, 0.15) is 17.7 Å². The zero-order chi connectivity index (χ0) is 61.3. The second kappa shape index (κ2) is 29.7. The maximum atomic E-state index is 15.4. The summed E-state index contributed by atoms with van der Waals surface area (Å²) in [5.41, 5.74) is 6.21. The fraction of sp³-hybridized carbons (Fsp3) is 0.282. The standard InChI is InChI=1S/C71H76N4O9S2/c1-49(2)65(62(77)46-64(79)80)74-67(82)60(48-86-71(54-34-18-9-19-35-54,55-36-20-10-21-37-55)56-38-22-11-23-39-56)73-66(81)59(44-50-47-75(68(83)84-69(3,4)5)61-42-25-24-41-58(50)61)72-63(78)45-57(76)40-26-27-43-85-70(51-28-12-6-13-29-51,52-30-14-7-15-31-52)53-32-16-8-17-33-53/h6-26,28-42,47,49,57,59-60,62,65,76-77H,27,43-46,48H2,1-5H3,(H,72,78)(H,73,81)(H,74,82)(H,79,80)/t57-,59-,60-,62+,65-/m1/s1. The number of hydrogen-bond acceptors (Lipinski definition) is 10. The molecular weight excluding hydrogens is 1120 g/mol. The van der Waals surface area contributed by atoms with Gasteiger partial charge in [0.15, 0.2) is 0 Å². The highest BCUT2D eigenvalue weighted by molar-refractivity contribution is 8.00. The lowest BCUT2D eigenvalue weighted by Gasteiger charge is -2.37. The molecule has 5 atom stereocenters. The number of carboxylic acid groups (broad SMARTS) is 1. The number of nitrogens with one attached hydrogen (secondary N) is 3. The Morgan fingerprint density at radius 2 is 0.988 bits per heavy atom. The molecule has 446 valence electrons. The fourth-order valence-corrected chi connectivity index (χ4v) is 13.9. The van der Waals surface area contributed by atoms with Gasteiger partial charge in [-0.15, -0.1) is 23.5 Å². The summed E-state index contributed by atoms with van der Waals surface area (Å²) in [6.45, 7) is 8.78. The molecular formula is C71H76N4O9S2. The lowest BCUT2D eigenvalue weighted by Crippen LogP contribution is -2.58. The van der Waals surface area contributed by atoms with E-state index in [1.807, 2.05) is 152 Å². The second-order valence-electron chi connectivity index (χ2n) is 22.6. The average molecular weight is 1190 g/mol. The first kappa shape index (κ1) is 63.8. The Balaban J connectivity index is 1.10. The number of ether oxygens (including phenoxy) is 1. The van der Waals surface area contributed by atoms with Crippen LogP contribution < -0.4 is 16.0 Å². The van der Waals surface area contributed by atoms with Gasteiger partial charge in [0.25, 0.3) is 0 Å². The molecule has 13 nitrogen and oxygen atoms in total. The zero-order valence-corrected chi connectivity index (χ0v) is 50.8. The van der Waals surface area contributed by atoms with E-state index in [0.29, 0.717) is 28.6 Å². The number of carboxylic acids is 1. The first-order chi connectivity index (χ1) is 41.4. The van der Waals surface area contributed by atoms with Crippen LogP contribution in [-0.4, -0.2) is 97.1 Å². The van der Waals surface area contributed by atoms with Crippen molar-refractivity contribution in [3.8, 4) is 0 Å². The first-order valence-corrected chi connectivity index (χ1v) is 30.9. The van der Waals surface area contributed by atoms with Gasteiger partial charge in [0, 0.05) is 23.8 Å². The minimum atomic E-state index is -1.47. The van der Waals surface area contributed by atoms with Crippen LogP contribution in [0.15, 0.2) is 225 Å². The van der Waals surface area contributed by atoms with Gasteiger partial charge in [0.05, 0.1) is 46.1 Å². The van der Waals surface area contributed by atoms with Crippen molar-refractivity contribution in [2.45, 2.75) is 106 Å². The molecule has 8 rings (SSSR count). The largest absolute Gasteiger partial charge is 0.481 e. The van der Waals surface area contributed by atoms with Crippen molar-refractivity contribution < 1.29 is 44.0 Å². The van der Waals surface area contributed by atoms with Gasteiger partial charge in [-0.3, -0.25) is 23.7 Å². The monoisotopic (exact) mass is 1190 g/mol. The number of rotatable bonds is 27. The molecule has 0 unspecified atom stereocenters. The first-order valence-electron chi connectivity index (χ1n) is 29.0. The number of fused-ring (bicyclic) bond motifs is 1. The Bertz CT molecular complexity index is 3330. The highest BCUT2D eigenvalue weighted by atomic mass is 32.2. The van der Waals surface area contributed by atoms with Crippen LogP contribution in [0.3, 0.4) is 0 Å². The molecule has 15 heteroatoms. The Labute approximate surface area is 512 Å². The summed E-state index contributed by atoms with van der Waals surface area (Å²) in [6.07, 6.45) is 0.964. The lowest BCUT2D eigenvalue weighted by molar-refractivity contribution is -0.140. The maximum absolute atomic E-state index is 15.4. The summed E-state index contributed by atoms with van der Waals surface area (Å²) in [5.74, 6) is -3.22. The van der Waals surface area contributed by atoms with Gasteiger partial charge < -0.3 is 36.0 Å². The molecule has 0 aliphatic heterocycles. The molecule has 1 aromatic heterocycles. The van der Waals surface area contributed by atoms with E-state index in [2.05, 4.69) is 52.3 Å². The molecule has 0 fully saturated rings. The summed E-state index contributed by atoms with van der Waals surface area (Å²) in [4.78, 5) is 70.5. The number of aliphatic hydroxyl groups is 2. The number of hydrogen-bond donors (Lipinski definition) is 6. The number of benzene rings is 7. The summed E-state index contributed by atoms with van der Waals surface area (Å²) >= 11 is 3.18. The Hall–Kier alpha value is -8.21. The number of aliphatic hydroxyl groups excluding tert-OH is 2. The third-order valence-electron chi connectivity index (χ3n) is 14.8. The minimum Gasteiger partial charge on any atom is -0.481 e. The number of carbonyl (C=O) groups is 5.